The maximum atomic E-state index is 14.3. The molecule has 0 radical (unpaired) electrons. The minimum atomic E-state index is -4.11. The second-order valence-corrected chi connectivity index (χ2v) is 8.13. The van der Waals surface area contributed by atoms with E-state index in [0.29, 0.717) is 16.7 Å². The van der Waals surface area contributed by atoms with Gasteiger partial charge in [0.1, 0.15) is 17.3 Å². The van der Waals surface area contributed by atoms with Gasteiger partial charge in [-0.2, -0.15) is 0 Å². The molecule has 0 saturated heterocycles. The topological polar surface area (TPSA) is 65.4 Å². The van der Waals surface area contributed by atoms with E-state index < -0.39 is 21.6 Å². The minimum absolute atomic E-state index is 0.0240. The number of aromatic nitrogens is 1. The first-order chi connectivity index (χ1) is 13.9. The van der Waals surface area contributed by atoms with Gasteiger partial charge in [-0.3, -0.25) is 4.79 Å². The van der Waals surface area contributed by atoms with Gasteiger partial charge >= 0.3 is 0 Å². The van der Waals surface area contributed by atoms with E-state index in [-0.39, 0.29) is 16.2 Å². The van der Waals surface area contributed by atoms with Crippen LogP contribution in [0.1, 0.15) is 16.1 Å². The van der Waals surface area contributed by atoms with Crippen molar-refractivity contribution in [3.05, 3.63) is 95.9 Å². The number of nitrogens with zero attached hydrogens (tertiary/aromatic N) is 1. The van der Waals surface area contributed by atoms with Crippen molar-refractivity contribution in [2.75, 3.05) is 7.11 Å². The molecule has 0 spiro atoms. The SMILES string of the molecule is COc1ccc2c(c1)cc(C(=O)c1ccccc1F)n2S(=O)(=O)c1ccccc1. The number of fused-ring (bicyclic) bond motifs is 1. The van der Waals surface area contributed by atoms with Crippen LogP contribution in [0, 0.1) is 5.82 Å². The molecule has 7 heteroatoms. The van der Waals surface area contributed by atoms with E-state index >= 15 is 0 Å². The van der Waals surface area contributed by atoms with Crippen molar-refractivity contribution in [3.63, 3.8) is 0 Å². The van der Waals surface area contributed by atoms with E-state index in [4.69, 9.17) is 4.74 Å². The van der Waals surface area contributed by atoms with Crippen LogP contribution in [-0.2, 0) is 10.0 Å². The Labute approximate surface area is 167 Å². The molecule has 3 aromatic carbocycles. The molecular weight excluding hydrogens is 393 g/mol. The predicted molar refractivity (Wildman–Crippen MR) is 107 cm³/mol. The molecule has 4 rings (SSSR count). The number of ether oxygens (including phenoxy) is 1. The summed E-state index contributed by atoms with van der Waals surface area (Å²) in [4.78, 5) is 13.2. The standard InChI is InChI=1S/C22H16FNO4S/c1-28-16-11-12-20-15(13-16)14-21(22(25)18-9-5-6-10-19(18)23)24(20)29(26,27)17-7-3-2-4-8-17/h2-14H,1H3. The monoisotopic (exact) mass is 409 g/mol. The fourth-order valence-corrected chi connectivity index (χ4v) is 4.73. The van der Waals surface area contributed by atoms with E-state index in [0.717, 1.165) is 10.0 Å². The summed E-state index contributed by atoms with van der Waals surface area (Å²) in [5, 5.41) is 0.489. The highest BCUT2D eigenvalue weighted by molar-refractivity contribution is 7.90. The Hall–Kier alpha value is -3.45. The van der Waals surface area contributed by atoms with Crippen molar-refractivity contribution in [1.82, 2.24) is 3.97 Å². The Morgan fingerprint density at radius 3 is 2.31 bits per heavy atom. The van der Waals surface area contributed by atoms with Crippen LogP contribution in [0.5, 0.6) is 5.75 Å². The lowest BCUT2D eigenvalue weighted by molar-refractivity contribution is 0.103. The first-order valence-electron chi connectivity index (χ1n) is 8.73. The van der Waals surface area contributed by atoms with Crippen LogP contribution < -0.4 is 4.74 Å². The number of hydrogen-bond donors (Lipinski definition) is 0. The first kappa shape index (κ1) is 18.9. The normalized spacial score (nSPS) is 11.5. The molecular formula is C22H16FNO4S. The van der Waals surface area contributed by atoms with Gasteiger partial charge < -0.3 is 4.74 Å². The van der Waals surface area contributed by atoms with Gasteiger partial charge in [0.05, 0.1) is 23.1 Å². The minimum Gasteiger partial charge on any atom is -0.497 e. The van der Waals surface area contributed by atoms with E-state index in [1.807, 2.05) is 0 Å². The fourth-order valence-electron chi connectivity index (χ4n) is 3.19. The van der Waals surface area contributed by atoms with E-state index in [2.05, 4.69) is 0 Å². The second-order valence-electron chi connectivity index (χ2n) is 6.35. The zero-order valence-electron chi connectivity index (χ0n) is 15.4. The maximum absolute atomic E-state index is 14.3. The summed E-state index contributed by atoms with van der Waals surface area (Å²) in [5.74, 6) is -0.932. The van der Waals surface area contributed by atoms with Gasteiger partial charge in [0.2, 0.25) is 5.78 Å². The lowest BCUT2D eigenvalue weighted by Gasteiger charge is -2.12. The Bertz CT molecular complexity index is 1330. The average Bonchev–Trinajstić information content (AvgIpc) is 3.13. The molecule has 146 valence electrons. The Morgan fingerprint density at radius 1 is 0.931 bits per heavy atom. The molecule has 0 amide bonds. The lowest BCUT2D eigenvalue weighted by Crippen LogP contribution is -2.19. The summed E-state index contributed by atoms with van der Waals surface area (Å²) >= 11 is 0. The molecule has 0 unspecified atom stereocenters. The Morgan fingerprint density at radius 2 is 1.62 bits per heavy atom. The number of carbonyl (C=O) groups excluding carboxylic acids is 1. The van der Waals surface area contributed by atoms with Crippen LogP contribution in [0.2, 0.25) is 0 Å². The van der Waals surface area contributed by atoms with Gasteiger partial charge in [-0.1, -0.05) is 30.3 Å². The highest BCUT2D eigenvalue weighted by Gasteiger charge is 2.28. The molecule has 0 N–H and O–H groups in total. The van der Waals surface area contributed by atoms with Gasteiger partial charge in [-0.15, -0.1) is 0 Å². The van der Waals surface area contributed by atoms with Gasteiger partial charge in [0, 0.05) is 5.39 Å². The van der Waals surface area contributed by atoms with Crippen LogP contribution in [0.3, 0.4) is 0 Å². The quantitative estimate of drug-likeness (QED) is 0.462. The van der Waals surface area contributed by atoms with E-state index in [9.17, 15) is 17.6 Å². The van der Waals surface area contributed by atoms with Crippen LogP contribution in [0.25, 0.3) is 10.9 Å². The third-order valence-corrected chi connectivity index (χ3v) is 6.34. The molecule has 0 aliphatic rings. The molecule has 0 aliphatic carbocycles. The molecule has 4 aromatic rings. The van der Waals surface area contributed by atoms with Crippen molar-refractivity contribution >= 4 is 26.7 Å². The lowest BCUT2D eigenvalue weighted by atomic mass is 10.1. The molecule has 1 heterocycles. The number of rotatable bonds is 5. The maximum Gasteiger partial charge on any atom is 0.268 e. The highest BCUT2D eigenvalue weighted by atomic mass is 32.2. The zero-order valence-corrected chi connectivity index (χ0v) is 16.2. The molecule has 29 heavy (non-hydrogen) atoms. The second kappa shape index (κ2) is 7.18. The average molecular weight is 409 g/mol. The summed E-state index contributed by atoms with van der Waals surface area (Å²) in [6.07, 6.45) is 0. The summed E-state index contributed by atoms with van der Waals surface area (Å²) in [6, 6.07) is 19.5. The van der Waals surface area contributed by atoms with Gasteiger partial charge in [-0.25, -0.2) is 16.8 Å². The third kappa shape index (κ3) is 3.19. The van der Waals surface area contributed by atoms with Gasteiger partial charge in [0.15, 0.2) is 0 Å². The van der Waals surface area contributed by atoms with Crippen molar-refractivity contribution in [3.8, 4) is 5.75 Å². The van der Waals surface area contributed by atoms with Crippen LogP contribution in [-0.4, -0.2) is 25.3 Å². The predicted octanol–water partition coefficient (Wildman–Crippen LogP) is 4.26. The highest BCUT2D eigenvalue weighted by Crippen LogP contribution is 2.30. The van der Waals surface area contributed by atoms with Gasteiger partial charge in [-0.05, 0) is 48.5 Å². The van der Waals surface area contributed by atoms with Crippen molar-refractivity contribution < 1.29 is 22.3 Å². The third-order valence-electron chi connectivity index (χ3n) is 4.60. The smallest absolute Gasteiger partial charge is 0.268 e. The molecule has 1 aromatic heterocycles. The van der Waals surface area contributed by atoms with Crippen LogP contribution >= 0.6 is 0 Å². The summed E-state index contributed by atoms with van der Waals surface area (Å²) in [7, 11) is -2.62. The Balaban J connectivity index is 2.03. The summed E-state index contributed by atoms with van der Waals surface area (Å²) in [5.41, 5.74) is -0.0525. The molecule has 0 atom stereocenters. The van der Waals surface area contributed by atoms with Crippen LogP contribution in [0.4, 0.5) is 4.39 Å². The number of ketones is 1. The van der Waals surface area contributed by atoms with E-state index in [1.54, 1.807) is 36.4 Å². The summed E-state index contributed by atoms with van der Waals surface area (Å²) < 4.78 is 47.2. The van der Waals surface area contributed by atoms with E-state index in [1.165, 1.54) is 43.5 Å². The number of hydrogen-bond acceptors (Lipinski definition) is 4. The molecule has 0 bridgehead atoms. The molecule has 5 nitrogen and oxygen atoms in total. The fraction of sp³-hybridized carbons (Fsp3) is 0.0455. The number of halogens is 1. The van der Waals surface area contributed by atoms with Gasteiger partial charge in [0.25, 0.3) is 10.0 Å². The molecule has 0 saturated carbocycles. The number of methoxy groups -OCH3 is 1. The van der Waals surface area contributed by atoms with Crippen molar-refractivity contribution in [2.45, 2.75) is 4.90 Å². The zero-order chi connectivity index (χ0) is 20.6. The van der Waals surface area contributed by atoms with Crippen molar-refractivity contribution in [1.29, 1.82) is 0 Å². The first-order valence-corrected chi connectivity index (χ1v) is 10.2. The van der Waals surface area contributed by atoms with Crippen LogP contribution in [0.15, 0.2) is 83.8 Å². The number of carbonyl (C=O) groups is 1. The molecule has 0 aliphatic heterocycles. The number of benzene rings is 3. The largest absolute Gasteiger partial charge is 0.497 e. The molecule has 0 fully saturated rings. The Kier molecular flexibility index (Phi) is 4.68. The summed E-state index contributed by atoms with van der Waals surface area (Å²) in [6.45, 7) is 0. The van der Waals surface area contributed by atoms with Crippen molar-refractivity contribution in [2.24, 2.45) is 0 Å².